The molecular formula is C26H19F3O4S. The van der Waals surface area contributed by atoms with Gasteiger partial charge in [0.05, 0.1) is 12.0 Å². The van der Waals surface area contributed by atoms with E-state index in [1.165, 1.54) is 31.4 Å². The Labute approximate surface area is 197 Å². The van der Waals surface area contributed by atoms with E-state index >= 15 is 0 Å². The van der Waals surface area contributed by atoms with Gasteiger partial charge in [-0.15, -0.1) is 11.3 Å². The molecule has 0 aliphatic rings. The predicted octanol–water partition coefficient (Wildman–Crippen LogP) is 7.50. The first-order valence-corrected chi connectivity index (χ1v) is 10.9. The SMILES string of the molecule is COC(=O)C=Cc1ccc(Oc2c(-c3ccc(F)cc3C(C)(F)F)sc3cc(O)ccc23)cc1. The average Bonchev–Trinajstić information content (AvgIpc) is 3.14. The van der Waals surface area contributed by atoms with Crippen molar-refractivity contribution < 1.29 is 32.5 Å². The standard InChI is InChI=1S/C26H19F3O4S/c1-26(28,29)21-13-16(27)6-10-19(21)25-24(20-11-7-17(30)14-22(20)34-25)33-18-8-3-15(4-9-18)5-12-23(31)32-2/h3-14,30H,1-2H3. The van der Waals surface area contributed by atoms with E-state index in [-0.39, 0.29) is 11.3 Å². The summed E-state index contributed by atoms with van der Waals surface area (Å²) in [5, 5.41) is 10.5. The number of thiophene rings is 1. The fourth-order valence-corrected chi connectivity index (χ4v) is 4.62. The quantitative estimate of drug-likeness (QED) is 0.227. The van der Waals surface area contributed by atoms with Crippen LogP contribution in [-0.2, 0) is 15.5 Å². The van der Waals surface area contributed by atoms with Crippen molar-refractivity contribution in [1.82, 2.24) is 0 Å². The molecule has 8 heteroatoms. The molecule has 0 atom stereocenters. The lowest BCUT2D eigenvalue weighted by molar-refractivity contribution is -0.134. The van der Waals surface area contributed by atoms with Crippen molar-refractivity contribution in [3.8, 4) is 27.7 Å². The van der Waals surface area contributed by atoms with E-state index in [0.29, 0.717) is 33.4 Å². The van der Waals surface area contributed by atoms with Crippen LogP contribution in [0.15, 0.2) is 66.7 Å². The second-order valence-corrected chi connectivity index (χ2v) is 8.60. The van der Waals surface area contributed by atoms with E-state index in [1.54, 1.807) is 36.4 Å². The highest BCUT2D eigenvalue weighted by Crippen LogP contribution is 2.49. The Morgan fingerprint density at radius 1 is 1.06 bits per heavy atom. The van der Waals surface area contributed by atoms with E-state index in [4.69, 9.17) is 4.74 Å². The Bertz CT molecular complexity index is 1390. The second-order valence-electron chi connectivity index (χ2n) is 7.55. The first-order chi connectivity index (χ1) is 16.2. The summed E-state index contributed by atoms with van der Waals surface area (Å²) in [5.41, 5.74) is 0.406. The number of carbonyl (C=O) groups is 1. The first-order valence-electron chi connectivity index (χ1n) is 10.1. The predicted molar refractivity (Wildman–Crippen MR) is 126 cm³/mol. The lowest BCUT2D eigenvalue weighted by Gasteiger charge is -2.16. The molecule has 4 nitrogen and oxygen atoms in total. The normalized spacial score (nSPS) is 11.8. The fraction of sp³-hybridized carbons (Fsp3) is 0.115. The van der Waals surface area contributed by atoms with Crippen molar-refractivity contribution in [2.24, 2.45) is 0 Å². The van der Waals surface area contributed by atoms with Crippen molar-refractivity contribution in [3.05, 3.63) is 83.7 Å². The van der Waals surface area contributed by atoms with Crippen molar-refractivity contribution in [2.45, 2.75) is 12.8 Å². The molecule has 0 radical (unpaired) electrons. The molecule has 0 fully saturated rings. The maximum atomic E-state index is 14.4. The topological polar surface area (TPSA) is 55.8 Å². The fourth-order valence-electron chi connectivity index (χ4n) is 3.42. The third kappa shape index (κ3) is 4.92. The number of alkyl halides is 2. The molecule has 3 aromatic carbocycles. The molecule has 0 bridgehead atoms. The van der Waals surface area contributed by atoms with E-state index in [1.807, 2.05) is 0 Å². The van der Waals surface area contributed by atoms with Crippen LogP contribution in [0.2, 0.25) is 0 Å². The van der Waals surface area contributed by atoms with Gasteiger partial charge in [-0.05, 0) is 54.1 Å². The van der Waals surface area contributed by atoms with E-state index in [2.05, 4.69) is 4.74 Å². The molecule has 0 saturated carbocycles. The molecular weight excluding hydrogens is 465 g/mol. The van der Waals surface area contributed by atoms with Crippen LogP contribution in [0.1, 0.15) is 18.1 Å². The van der Waals surface area contributed by atoms with Crippen molar-refractivity contribution >= 4 is 33.5 Å². The highest BCUT2D eigenvalue weighted by atomic mass is 32.1. The van der Waals surface area contributed by atoms with Crippen LogP contribution in [0, 0.1) is 5.82 Å². The van der Waals surface area contributed by atoms with Gasteiger partial charge in [-0.2, -0.15) is 0 Å². The van der Waals surface area contributed by atoms with Crippen LogP contribution >= 0.6 is 11.3 Å². The maximum Gasteiger partial charge on any atom is 0.330 e. The van der Waals surface area contributed by atoms with Crippen molar-refractivity contribution in [3.63, 3.8) is 0 Å². The third-order valence-electron chi connectivity index (χ3n) is 5.04. The maximum absolute atomic E-state index is 14.4. The summed E-state index contributed by atoms with van der Waals surface area (Å²) >= 11 is 1.16. The number of halogens is 3. The molecule has 0 aliphatic carbocycles. The van der Waals surface area contributed by atoms with Gasteiger partial charge < -0.3 is 14.6 Å². The largest absolute Gasteiger partial charge is 0.508 e. The van der Waals surface area contributed by atoms with Crippen LogP contribution in [0.3, 0.4) is 0 Å². The number of methoxy groups -OCH3 is 1. The molecule has 34 heavy (non-hydrogen) atoms. The highest BCUT2D eigenvalue weighted by molar-refractivity contribution is 7.22. The van der Waals surface area contributed by atoms with E-state index < -0.39 is 23.3 Å². The Hall–Kier alpha value is -3.78. The zero-order chi connectivity index (χ0) is 24.5. The number of phenolic OH excluding ortho intramolecular Hbond substituents is 1. The van der Waals surface area contributed by atoms with E-state index in [9.17, 15) is 23.1 Å². The van der Waals surface area contributed by atoms with Gasteiger partial charge in [0.15, 0.2) is 5.75 Å². The summed E-state index contributed by atoms with van der Waals surface area (Å²) < 4.78 is 53.9. The monoisotopic (exact) mass is 484 g/mol. The zero-order valence-electron chi connectivity index (χ0n) is 18.1. The minimum absolute atomic E-state index is 0.0220. The number of phenols is 1. The molecule has 4 rings (SSSR count). The zero-order valence-corrected chi connectivity index (χ0v) is 19.0. The number of ether oxygens (including phenoxy) is 2. The number of esters is 1. The molecule has 0 unspecified atom stereocenters. The molecule has 4 aromatic rings. The van der Waals surface area contributed by atoms with Crippen LogP contribution in [0.25, 0.3) is 26.6 Å². The summed E-state index contributed by atoms with van der Waals surface area (Å²) in [6.45, 7) is 0.714. The molecule has 174 valence electrons. The second kappa shape index (κ2) is 9.23. The van der Waals surface area contributed by atoms with Gasteiger partial charge in [0.25, 0.3) is 5.92 Å². The van der Waals surface area contributed by atoms with Gasteiger partial charge in [0.2, 0.25) is 0 Å². The Balaban J connectivity index is 1.81. The number of fused-ring (bicyclic) bond motifs is 1. The van der Waals surface area contributed by atoms with Crippen LogP contribution in [0.5, 0.6) is 17.2 Å². The van der Waals surface area contributed by atoms with Crippen molar-refractivity contribution in [1.29, 1.82) is 0 Å². The minimum atomic E-state index is -3.29. The van der Waals surface area contributed by atoms with Gasteiger partial charge in [0, 0.05) is 34.2 Å². The summed E-state index contributed by atoms with van der Waals surface area (Å²) in [5.74, 6) is -3.78. The van der Waals surface area contributed by atoms with Crippen LogP contribution in [0.4, 0.5) is 13.2 Å². The number of carbonyl (C=O) groups excluding carboxylic acids is 1. The number of rotatable bonds is 6. The molecule has 1 N–H and O–H groups in total. The summed E-state index contributed by atoms with van der Waals surface area (Å²) in [7, 11) is 1.28. The summed E-state index contributed by atoms with van der Waals surface area (Å²) in [6.07, 6.45) is 2.87. The van der Waals surface area contributed by atoms with Gasteiger partial charge in [0.1, 0.15) is 17.3 Å². The summed E-state index contributed by atoms with van der Waals surface area (Å²) in [4.78, 5) is 11.7. The van der Waals surface area contributed by atoms with Gasteiger partial charge in [-0.3, -0.25) is 0 Å². The lowest BCUT2D eigenvalue weighted by atomic mass is 10.00. The van der Waals surface area contributed by atoms with Crippen molar-refractivity contribution in [2.75, 3.05) is 7.11 Å². The molecule has 0 saturated heterocycles. The molecule has 1 aromatic heterocycles. The average molecular weight is 484 g/mol. The minimum Gasteiger partial charge on any atom is -0.508 e. The lowest BCUT2D eigenvalue weighted by Crippen LogP contribution is -2.09. The van der Waals surface area contributed by atoms with E-state index in [0.717, 1.165) is 29.0 Å². The van der Waals surface area contributed by atoms with Crippen LogP contribution < -0.4 is 4.74 Å². The molecule has 0 aliphatic heterocycles. The summed E-state index contributed by atoms with van der Waals surface area (Å²) in [6, 6.07) is 14.7. The van der Waals surface area contributed by atoms with Gasteiger partial charge >= 0.3 is 5.97 Å². The molecule has 0 amide bonds. The van der Waals surface area contributed by atoms with Gasteiger partial charge in [-0.25, -0.2) is 18.0 Å². The number of hydrogen-bond acceptors (Lipinski definition) is 5. The highest BCUT2D eigenvalue weighted by Gasteiger charge is 2.31. The van der Waals surface area contributed by atoms with Gasteiger partial charge in [-0.1, -0.05) is 18.2 Å². The first kappa shape index (κ1) is 23.4. The Morgan fingerprint density at radius 3 is 2.47 bits per heavy atom. The van der Waals surface area contributed by atoms with Crippen LogP contribution in [-0.4, -0.2) is 18.2 Å². The smallest absolute Gasteiger partial charge is 0.330 e. The Kier molecular flexibility index (Phi) is 6.34. The molecule has 0 spiro atoms. The number of hydrogen-bond donors (Lipinski definition) is 1. The third-order valence-corrected chi connectivity index (χ3v) is 6.21. The Morgan fingerprint density at radius 2 is 1.79 bits per heavy atom. The number of aromatic hydroxyl groups is 1. The number of benzene rings is 3. The molecule has 1 heterocycles.